The zero-order valence-corrected chi connectivity index (χ0v) is 15.8. The summed E-state index contributed by atoms with van der Waals surface area (Å²) < 4.78 is 41.6. The predicted octanol–water partition coefficient (Wildman–Crippen LogP) is 3.96. The van der Waals surface area contributed by atoms with E-state index in [1.165, 1.54) is 6.07 Å². The minimum absolute atomic E-state index is 0.0124. The second kappa shape index (κ2) is 7.78. The number of likely N-dealkylation sites (N-methyl/N-ethyl adjacent to an activating group) is 1. The molecular weight excluding hydrogens is 395 g/mol. The summed E-state index contributed by atoms with van der Waals surface area (Å²) >= 11 is 5.70. The molecule has 0 spiro atoms. The van der Waals surface area contributed by atoms with Crippen molar-refractivity contribution in [3.63, 3.8) is 0 Å². The number of hydrogen-bond acceptors (Lipinski definition) is 4. The summed E-state index contributed by atoms with van der Waals surface area (Å²) in [6.45, 7) is 0.622. The van der Waals surface area contributed by atoms with Crippen molar-refractivity contribution in [1.82, 2.24) is 14.9 Å². The van der Waals surface area contributed by atoms with Gasteiger partial charge in [-0.2, -0.15) is 0 Å². The monoisotopic (exact) mass is 411 g/mol. The van der Waals surface area contributed by atoms with Crippen molar-refractivity contribution in [2.24, 2.45) is 0 Å². The van der Waals surface area contributed by atoms with Crippen LogP contribution in [0.25, 0.3) is 11.0 Å². The Balaban J connectivity index is 2.04. The molecule has 3 rings (SSSR count). The summed E-state index contributed by atoms with van der Waals surface area (Å²) in [7, 11) is 3.73. The van der Waals surface area contributed by atoms with Gasteiger partial charge in [-0.05, 0) is 38.4 Å². The van der Waals surface area contributed by atoms with Gasteiger partial charge in [0, 0.05) is 18.5 Å². The standard InChI is InChI=1S/C18H17ClF3N5O/c1-26(2)6-5-14-24-16-10(8-13(21)15(22)17(16)25-14)18(23)27(28)9-3-4-12(20)11(19)7-9/h3-4,7-8,23,28H,5-6H2,1-2H3,(H,24,25). The Morgan fingerprint density at radius 2 is 1.93 bits per heavy atom. The molecular formula is C18H17ClF3N5O. The fourth-order valence-electron chi connectivity index (χ4n) is 2.65. The van der Waals surface area contributed by atoms with Crippen molar-refractivity contribution >= 4 is 34.2 Å². The van der Waals surface area contributed by atoms with E-state index in [1.54, 1.807) is 0 Å². The number of anilines is 1. The van der Waals surface area contributed by atoms with E-state index in [9.17, 15) is 18.4 Å². The van der Waals surface area contributed by atoms with Crippen molar-refractivity contribution in [3.8, 4) is 0 Å². The number of fused-ring (bicyclic) bond motifs is 1. The zero-order chi connectivity index (χ0) is 20.6. The molecule has 1 heterocycles. The highest BCUT2D eigenvalue weighted by Gasteiger charge is 2.22. The average Bonchev–Trinajstić information content (AvgIpc) is 3.08. The van der Waals surface area contributed by atoms with Crippen molar-refractivity contribution < 1.29 is 18.4 Å². The number of nitrogens with one attached hydrogen (secondary N) is 2. The molecule has 0 atom stereocenters. The van der Waals surface area contributed by atoms with Crippen LogP contribution in [0.15, 0.2) is 24.3 Å². The van der Waals surface area contributed by atoms with Crippen LogP contribution in [-0.2, 0) is 6.42 Å². The zero-order valence-electron chi connectivity index (χ0n) is 15.0. The van der Waals surface area contributed by atoms with Gasteiger partial charge in [-0.15, -0.1) is 0 Å². The van der Waals surface area contributed by atoms with Gasteiger partial charge in [-0.25, -0.2) is 23.2 Å². The predicted molar refractivity (Wildman–Crippen MR) is 101 cm³/mol. The van der Waals surface area contributed by atoms with Gasteiger partial charge >= 0.3 is 0 Å². The van der Waals surface area contributed by atoms with Crippen LogP contribution in [0.5, 0.6) is 0 Å². The van der Waals surface area contributed by atoms with Crippen LogP contribution >= 0.6 is 11.6 Å². The van der Waals surface area contributed by atoms with Crippen molar-refractivity contribution in [1.29, 1.82) is 5.41 Å². The first-order valence-corrected chi connectivity index (χ1v) is 8.61. The Labute approximate surface area is 163 Å². The molecule has 0 saturated heterocycles. The van der Waals surface area contributed by atoms with E-state index >= 15 is 0 Å². The van der Waals surface area contributed by atoms with Gasteiger partial charge in [0.15, 0.2) is 17.5 Å². The van der Waals surface area contributed by atoms with Crippen LogP contribution in [0.2, 0.25) is 5.02 Å². The van der Waals surface area contributed by atoms with E-state index in [1.807, 2.05) is 19.0 Å². The first-order chi connectivity index (χ1) is 13.2. The molecule has 0 aliphatic rings. The molecule has 10 heteroatoms. The summed E-state index contributed by atoms with van der Waals surface area (Å²) in [4.78, 5) is 8.87. The number of hydrogen-bond donors (Lipinski definition) is 3. The Hall–Kier alpha value is -2.62. The molecule has 0 radical (unpaired) electrons. The number of H-pyrrole nitrogens is 1. The highest BCUT2D eigenvalue weighted by Crippen LogP contribution is 2.27. The van der Waals surface area contributed by atoms with Crippen molar-refractivity contribution in [3.05, 3.63) is 58.1 Å². The van der Waals surface area contributed by atoms with Crippen LogP contribution in [0.1, 0.15) is 11.4 Å². The highest BCUT2D eigenvalue weighted by molar-refractivity contribution is 6.31. The Morgan fingerprint density at radius 3 is 2.57 bits per heavy atom. The molecule has 0 bridgehead atoms. The first-order valence-electron chi connectivity index (χ1n) is 8.23. The number of halogens is 4. The number of hydroxylamine groups is 1. The van der Waals surface area contributed by atoms with Crippen molar-refractivity contribution in [2.75, 3.05) is 25.7 Å². The molecule has 0 fully saturated rings. The van der Waals surface area contributed by atoms with Crippen LogP contribution in [0.4, 0.5) is 18.9 Å². The topological polar surface area (TPSA) is 79.2 Å². The number of imidazole rings is 1. The lowest BCUT2D eigenvalue weighted by Crippen LogP contribution is -2.27. The lowest BCUT2D eigenvalue weighted by molar-refractivity contribution is 0.312. The molecule has 0 amide bonds. The highest BCUT2D eigenvalue weighted by atomic mass is 35.5. The lowest BCUT2D eigenvalue weighted by Gasteiger charge is -2.18. The van der Waals surface area contributed by atoms with Gasteiger partial charge < -0.3 is 9.88 Å². The quantitative estimate of drug-likeness (QED) is 0.337. The fourth-order valence-corrected chi connectivity index (χ4v) is 2.82. The maximum Gasteiger partial charge on any atom is 0.186 e. The third-order valence-electron chi connectivity index (χ3n) is 4.12. The largest absolute Gasteiger partial charge is 0.341 e. The molecule has 6 nitrogen and oxygen atoms in total. The van der Waals surface area contributed by atoms with E-state index in [2.05, 4.69) is 9.97 Å². The Morgan fingerprint density at radius 1 is 1.21 bits per heavy atom. The summed E-state index contributed by atoms with van der Waals surface area (Å²) in [5.74, 6) is -3.19. The molecule has 2 aromatic carbocycles. The Bertz CT molecular complexity index is 1050. The summed E-state index contributed by atoms with van der Waals surface area (Å²) in [6, 6.07) is 4.12. The fraction of sp³-hybridized carbons (Fsp3) is 0.222. The molecule has 28 heavy (non-hydrogen) atoms. The van der Waals surface area contributed by atoms with Crippen LogP contribution in [-0.4, -0.2) is 46.6 Å². The molecule has 1 aromatic heterocycles. The van der Waals surface area contributed by atoms with E-state index in [-0.39, 0.29) is 27.3 Å². The molecule has 0 aliphatic carbocycles. The van der Waals surface area contributed by atoms with Crippen LogP contribution in [0.3, 0.4) is 0 Å². The summed E-state index contributed by atoms with van der Waals surface area (Å²) in [5.41, 5.74) is -0.314. The van der Waals surface area contributed by atoms with E-state index in [0.29, 0.717) is 23.9 Å². The van der Waals surface area contributed by atoms with Gasteiger partial charge in [0.25, 0.3) is 0 Å². The number of aromatic amines is 1. The molecule has 3 N–H and O–H groups in total. The van der Waals surface area contributed by atoms with Gasteiger partial charge in [0.2, 0.25) is 0 Å². The third kappa shape index (κ3) is 3.82. The Kier molecular flexibility index (Phi) is 5.59. The molecule has 0 saturated carbocycles. The number of aromatic nitrogens is 2. The second-order valence-electron chi connectivity index (χ2n) is 6.44. The van der Waals surface area contributed by atoms with Crippen LogP contribution in [0, 0.1) is 22.9 Å². The van der Waals surface area contributed by atoms with Gasteiger partial charge in [0.05, 0.1) is 16.2 Å². The van der Waals surface area contributed by atoms with E-state index in [4.69, 9.17) is 17.0 Å². The van der Waals surface area contributed by atoms with E-state index < -0.39 is 23.3 Å². The smallest absolute Gasteiger partial charge is 0.186 e. The minimum Gasteiger partial charge on any atom is -0.341 e. The molecule has 0 aliphatic heterocycles. The van der Waals surface area contributed by atoms with E-state index in [0.717, 1.165) is 18.2 Å². The van der Waals surface area contributed by atoms with Gasteiger partial charge in [-0.3, -0.25) is 10.6 Å². The second-order valence-corrected chi connectivity index (χ2v) is 6.85. The number of rotatable bonds is 5. The van der Waals surface area contributed by atoms with Gasteiger partial charge in [0.1, 0.15) is 17.2 Å². The van der Waals surface area contributed by atoms with Crippen molar-refractivity contribution in [2.45, 2.75) is 6.42 Å². The number of nitrogens with zero attached hydrogens (tertiary/aromatic N) is 3. The summed E-state index contributed by atoms with van der Waals surface area (Å²) in [6.07, 6.45) is 0.450. The lowest BCUT2D eigenvalue weighted by atomic mass is 10.1. The minimum atomic E-state index is -1.21. The first kappa shape index (κ1) is 20.1. The SMILES string of the molecule is CN(C)CCc1nc2c(F)c(F)cc(C(=N)N(O)c3ccc(F)c(Cl)c3)c2[nH]1. The molecule has 0 unspecified atom stereocenters. The number of benzene rings is 2. The van der Waals surface area contributed by atoms with Crippen LogP contribution < -0.4 is 5.06 Å². The normalized spacial score (nSPS) is 11.4. The molecule has 148 valence electrons. The number of amidine groups is 1. The molecule has 3 aromatic rings. The maximum atomic E-state index is 14.2. The maximum absolute atomic E-state index is 14.2. The third-order valence-corrected chi connectivity index (χ3v) is 4.41. The average molecular weight is 412 g/mol. The summed E-state index contributed by atoms with van der Waals surface area (Å²) in [5, 5.41) is 18.7. The van der Waals surface area contributed by atoms with Gasteiger partial charge in [-0.1, -0.05) is 11.6 Å².